The third-order valence-corrected chi connectivity index (χ3v) is 4.12. The molecule has 0 aromatic heterocycles. The van der Waals surface area contributed by atoms with Gasteiger partial charge in [0.15, 0.2) is 6.10 Å². The second kappa shape index (κ2) is 5.93. The highest BCUT2D eigenvalue weighted by Gasteiger charge is 2.31. The zero-order valence-electron chi connectivity index (χ0n) is 11.9. The van der Waals surface area contributed by atoms with Gasteiger partial charge >= 0.3 is 5.97 Å². The van der Waals surface area contributed by atoms with Gasteiger partial charge in [-0.3, -0.25) is 4.79 Å². The number of benzene rings is 2. The van der Waals surface area contributed by atoms with Crippen LogP contribution in [0.1, 0.15) is 21.5 Å². The fourth-order valence-corrected chi connectivity index (χ4v) is 2.93. The maximum absolute atomic E-state index is 12.4. The number of esters is 1. The molecule has 1 heterocycles. The summed E-state index contributed by atoms with van der Waals surface area (Å²) in [6.45, 7) is 1.91. The second-order valence-electron chi connectivity index (χ2n) is 5.20. The summed E-state index contributed by atoms with van der Waals surface area (Å²) >= 11 is 3.38. The third kappa shape index (κ3) is 2.90. The highest BCUT2D eigenvalue weighted by atomic mass is 79.9. The molecule has 0 radical (unpaired) electrons. The molecule has 5 heteroatoms. The van der Waals surface area contributed by atoms with E-state index in [4.69, 9.17) is 4.74 Å². The Kier molecular flexibility index (Phi) is 3.98. The maximum atomic E-state index is 12.4. The number of fused-ring (bicyclic) bond motifs is 1. The highest BCUT2D eigenvalue weighted by Crippen LogP contribution is 2.23. The fraction of sp³-hybridized carbons (Fsp3) is 0.176. The van der Waals surface area contributed by atoms with Crippen LogP contribution in [0.5, 0.6) is 0 Å². The van der Waals surface area contributed by atoms with Gasteiger partial charge in [0.1, 0.15) is 0 Å². The zero-order valence-corrected chi connectivity index (χ0v) is 13.5. The van der Waals surface area contributed by atoms with E-state index in [0.717, 1.165) is 15.6 Å². The number of aryl methyl sites for hydroxylation is 1. The van der Waals surface area contributed by atoms with Crippen LogP contribution in [0.15, 0.2) is 46.9 Å². The summed E-state index contributed by atoms with van der Waals surface area (Å²) < 4.78 is 6.20. The van der Waals surface area contributed by atoms with Gasteiger partial charge in [-0.05, 0) is 42.3 Å². The monoisotopic (exact) mass is 359 g/mol. The van der Waals surface area contributed by atoms with Gasteiger partial charge < -0.3 is 10.1 Å². The minimum absolute atomic E-state index is 0.312. The highest BCUT2D eigenvalue weighted by molar-refractivity contribution is 9.10. The summed E-state index contributed by atoms with van der Waals surface area (Å²) in [6.07, 6.45) is -0.408. The van der Waals surface area contributed by atoms with Crippen LogP contribution in [0.3, 0.4) is 0 Å². The van der Waals surface area contributed by atoms with Crippen molar-refractivity contribution in [2.24, 2.45) is 0 Å². The van der Waals surface area contributed by atoms with Gasteiger partial charge in [0.2, 0.25) is 0 Å². The molecule has 0 saturated heterocycles. The summed E-state index contributed by atoms with van der Waals surface area (Å²) in [7, 11) is 0. The molecule has 1 aliphatic heterocycles. The largest absolute Gasteiger partial charge is 0.448 e. The van der Waals surface area contributed by atoms with Crippen LogP contribution in [-0.4, -0.2) is 18.0 Å². The Bertz CT molecular complexity index is 757. The first kappa shape index (κ1) is 14.8. The summed E-state index contributed by atoms with van der Waals surface area (Å²) in [6, 6.07) is 12.8. The van der Waals surface area contributed by atoms with Crippen LogP contribution in [0, 0.1) is 6.92 Å². The number of hydrogen-bond acceptors (Lipinski definition) is 3. The Balaban J connectivity index is 1.78. The number of anilines is 1. The molecule has 0 bridgehead atoms. The number of halogens is 1. The molecule has 0 spiro atoms. The second-order valence-corrected chi connectivity index (χ2v) is 6.12. The molecule has 1 unspecified atom stereocenters. The lowest BCUT2D eigenvalue weighted by Gasteiger charge is -2.24. The molecule has 2 aromatic rings. The van der Waals surface area contributed by atoms with Crippen molar-refractivity contribution in [2.75, 3.05) is 5.32 Å². The average molecular weight is 360 g/mol. The summed E-state index contributed by atoms with van der Waals surface area (Å²) in [5.41, 5.74) is 3.02. The first-order valence-corrected chi connectivity index (χ1v) is 7.70. The molecular formula is C17H14BrNO3. The molecule has 112 valence electrons. The lowest BCUT2D eigenvalue weighted by atomic mass is 9.98. The molecule has 1 amide bonds. The zero-order chi connectivity index (χ0) is 15.7. The Morgan fingerprint density at radius 2 is 2.05 bits per heavy atom. The molecule has 0 saturated carbocycles. The predicted octanol–water partition coefficient (Wildman–Crippen LogP) is 3.48. The topological polar surface area (TPSA) is 55.4 Å². The number of hydrogen-bond donors (Lipinski definition) is 1. The van der Waals surface area contributed by atoms with Gasteiger partial charge in [-0.1, -0.05) is 34.1 Å². The molecule has 0 aliphatic carbocycles. The van der Waals surface area contributed by atoms with E-state index in [1.807, 2.05) is 37.3 Å². The predicted molar refractivity (Wildman–Crippen MR) is 86.9 cm³/mol. The summed E-state index contributed by atoms with van der Waals surface area (Å²) in [4.78, 5) is 24.3. The van der Waals surface area contributed by atoms with E-state index in [9.17, 15) is 9.59 Å². The molecule has 2 aromatic carbocycles. The first-order chi connectivity index (χ1) is 10.5. The van der Waals surface area contributed by atoms with Crippen LogP contribution in [0.4, 0.5) is 5.69 Å². The van der Waals surface area contributed by atoms with Crippen molar-refractivity contribution in [1.82, 2.24) is 0 Å². The SMILES string of the molecule is Cc1cc(Br)ccc1NC(=O)C1Cc2ccccc2C(=O)O1. The van der Waals surface area contributed by atoms with E-state index < -0.39 is 12.1 Å². The number of carbonyl (C=O) groups excluding carboxylic acids is 2. The molecule has 22 heavy (non-hydrogen) atoms. The molecule has 1 N–H and O–H groups in total. The number of amides is 1. The standard InChI is InChI=1S/C17H14BrNO3/c1-10-8-12(18)6-7-14(10)19-16(20)15-9-11-4-2-3-5-13(11)17(21)22-15/h2-8,15H,9H2,1H3,(H,19,20). The Labute approximate surface area is 136 Å². The summed E-state index contributed by atoms with van der Waals surface area (Å²) in [5, 5.41) is 2.82. The van der Waals surface area contributed by atoms with E-state index in [1.165, 1.54) is 0 Å². The van der Waals surface area contributed by atoms with Gasteiger partial charge in [0, 0.05) is 16.6 Å². The normalized spacial score (nSPS) is 16.6. The van der Waals surface area contributed by atoms with Gasteiger partial charge in [-0.2, -0.15) is 0 Å². The van der Waals surface area contributed by atoms with E-state index >= 15 is 0 Å². The van der Waals surface area contributed by atoms with Gasteiger partial charge in [0.05, 0.1) is 5.56 Å². The van der Waals surface area contributed by atoms with Crippen molar-refractivity contribution in [3.05, 3.63) is 63.6 Å². The number of ether oxygens (including phenoxy) is 1. The van der Waals surface area contributed by atoms with Crippen molar-refractivity contribution in [1.29, 1.82) is 0 Å². The van der Waals surface area contributed by atoms with Crippen molar-refractivity contribution < 1.29 is 14.3 Å². The van der Waals surface area contributed by atoms with Gasteiger partial charge in [0.25, 0.3) is 5.91 Å². The molecule has 3 rings (SSSR count). The maximum Gasteiger partial charge on any atom is 0.339 e. The smallest absolute Gasteiger partial charge is 0.339 e. The fourth-order valence-electron chi connectivity index (χ4n) is 2.46. The Hall–Kier alpha value is -2.14. The van der Waals surface area contributed by atoms with Gasteiger partial charge in [-0.15, -0.1) is 0 Å². The van der Waals surface area contributed by atoms with Crippen LogP contribution < -0.4 is 5.32 Å². The minimum Gasteiger partial charge on any atom is -0.448 e. The van der Waals surface area contributed by atoms with E-state index in [-0.39, 0.29) is 5.91 Å². The molecule has 1 aliphatic rings. The first-order valence-electron chi connectivity index (χ1n) is 6.90. The quantitative estimate of drug-likeness (QED) is 0.835. The number of nitrogens with one attached hydrogen (secondary N) is 1. The average Bonchev–Trinajstić information content (AvgIpc) is 2.50. The van der Waals surface area contributed by atoms with Crippen LogP contribution in [0.25, 0.3) is 0 Å². The van der Waals surface area contributed by atoms with Crippen molar-refractivity contribution in [3.8, 4) is 0 Å². The van der Waals surface area contributed by atoms with Gasteiger partial charge in [-0.25, -0.2) is 4.79 Å². The molecule has 0 fully saturated rings. The third-order valence-electron chi connectivity index (χ3n) is 3.63. The molecular weight excluding hydrogens is 346 g/mol. The minimum atomic E-state index is -0.801. The number of carbonyl (C=O) groups is 2. The van der Waals surface area contributed by atoms with Crippen LogP contribution in [-0.2, 0) is 16.0 Å². The van der Waals surface area contributed by atoms with Crippen molar-refractivity contribution in [3.63, 3.8) is 0 Å². The van der Waals surface area contributed by atoms with E-state index in [1.54, 1.807) is 12.1 Å². The van der Waals surface area contributed by atoms with Crippen molar-refractivity contribution >= 4 is 33.5 Å². The Morgan fingerprint density at radius 1 is 1.27 bits per heavy atom. The van der Waals surface area contributed by atoms with Crippen LogP contribution in [0.2, 0.25) is 0 Å². The van der Waals surface area contributed by atoms with Crippen LogP contribution >= 0.6 is 15.9 Å². The number of cyclic esters (lactones) is 1. The Morgan fingerprint density at radius 3 is 2.82 bits per heavy atom. The summed E-state index contributed by atoms with van der Waals surface area (Å²) in [5.74, 6) is -0.761. The van der Waals surface area contributed by atoms with E-state index in [0.29, 0.717) is 17.7 Å². The van der Waals surface area contributed by atoms with E-state index in [2.05, 4.69) is 21.2 Å². The lowest BCUT2D eigenvalue weighted by molar-refractivity contribution is -0.125. The van der Waals surface area contributed by atoms with Crippen molar-refractivity contribution in [2.45, 2.75) is 19.4 Å². The number of rotatable bonds is 2. The lowest BCUT2D eigenvalue weighted by Crippen LogP contribution is -2.38. The molecule has 1 atom stereocenters. The molecule has 4 nitrogen and oxygen atoms in total.